The first-order chi connectivity index (χ1) is 10.8. The third kappa shape index (κ3) is 2.97. The Balaban J connectivity index is 1.58. The van der Waals surface area contributed by atoms with Gasteiger partial charge in [0.2, 0.25) is 5.91 Å². The van der Waals surface area contributed by atoms with E-state index in [4.69, 9.17) is 4.74 Å². The number of fused-ring (bicyclic) bond motifs is 2. The molecule has 1 N–H and O–H groups in total. The molecule has 1 aromatic carbocycles. The van der Waals surface area contributed by atoms with Crippen molar-refractivity contribution in [3.05, 3.63) is 24.3 Å². The Morgan fingerprint density at radius 1 is 1.30 bits per heavy atom. The Morgan fingerprint density at radius 3 is 2.61 bits per heavy atom. The summed E-state index contributed by atoms with van der Waals surface area (Å²) in [6, 6.07) is 7.47. The van der Waals surface area contributed by atoms with Crippen LogP contribution >= 0.6 is 0 Å². The van der Waals surface area contributed by atoms with E-state index in [1.165, 1.54) is 12.8 Å². The van der Waals surface area contributed by atoms with Gasteiger partial charge in [-0.1, -0.05) is 20.8 Å². The van der Waals surface area contributed by atoms with Crippen LogP contribution in [-0.2, 0) is 4.79 Å². The summed E-state index contributed by atoms with van der Waals surface area (Å²) in [4.78, 5) is 14.7. The fourth-order valence-corrected chi connectivity index (χ4v) is 4.34. The molecule has 1 aliphatic heterocycles. The molecule has 2 atom stereocenters. The van der Waals surface area contributed by atoms with Crippen LogP contribution in [-0.4, -0.2) is 37.6 Å². The van der Waals surface area contributed by atoms with Crippen molar-refractivity contribution in [2.75, 3.05) is 32.1 Å². The molecule has 0 unspecified atom stereocenters. The smallest absolute Gasteiger partial charge is 0.238 e. The quantitative estimate of drug-likeness (QED) is 0.926. The summed E-state index contributed by atoms with van der Waals surface area (Å²) in [6.07, 6.45) is 2.57. The average molecular weight is 316 g/mol. The van der Waals surface area contributed by atoms with Gasteiger partial charge < -0.3 is 10.1 Å². The molecule has 0 radical (unpaired) electrons. The van der Waals surface area contributed by atoms with Crippen LogP contribution in [0.5, 0.6) is 5.75 Å². The number of carbonyl (C=O) groups is 1. The zero-order valence-corrected chi connectivity index (χ0v) is 14.7. The van der Waals surface area contributed by atoms with Gasteiger partial charge in [-0.15, -0.1) is 0 Å². The summed E-state index contributed by atoms with van der Waals surface area (Å²) in [6.45, 7) is 9.73. The van der Waals surface area contributed by atoms with Crippen molar-refractivity contribution < 1.29 is 9.53 Å². The predicted molar refractivity (Wildman–Crippen MR) is 92.7 cm³/mol. The molecule has 1 saturated carbocycles. The average Bonchev–Trinajstić information content (AvgIpc) is 2.64. The van der Waals surface area contributed by atoms with Crippen LogP contribution in [0.4, 0.5) is 5.69 Å². The van der Waals surface area contributed by atoms with Crippen LogP contribution in [0.1, 0.15) is 33.6 Å². The van der Waals surface area contributed by atoms with Gasteiger partial charge in [-0.25, -0.2) is 0 Å². The van der Waals surface area contributed by atoms with Crippen LogP contribution in [0.3, 0.4) is 0 Å². The van der Waals surface area contributed by atoms with E-state index < -0.39 is 0 Å². The predicted octanol–water partition coefficient (Wildman–Crippen LogP) is 3.39. The molecule has 23 heavy (non-hydrogen) atoms. The van der Waals surface area contributed by atoms with E-state index in [-0.39, 0.29) is 5.91 Å². The van der Waals surface area contributed by atoms with Gasteiger partial charge in [0.1, 0.15) is 5.75 Å². The highest BCUT2D eigenvalue weighted by atomic mass is 16.5. The minimum atomic E-state index is 0.0675. The van der Waals surface area contributed by atoms with Crippen LogP contribution in [0.15, 0.2) is 24.3 Å². The zero-order valence-electron chi connectivity index (χ0n) is 14.7. The molecule has 1 saturated heterocycles. The van der Waals surface area contributed by atoms with Crippen LogP contribution in [0, 0.1) is 16.7 Å². The first-order valence-electron chi connectivity index (χ1n) is 8.50. The number of anilines is 1. The third-order valence-corrected chi connectivity index (χ3v) is 6.41. The Labute approximate surface area is 139 Å². The van der Waals surface area contributed by atoms with Crippen molar-refractivity contribution in [2.45, 2.75) is 33.6 Å². The Bertz CT molecular complexity index is 582. The lowest BCUT2D eigenvalue weighted by atomic mass is 9.63. The van der Waals surface area contributed by atoms with Crippen molar-refractivity contribution in [2.24, 2.45) is 16.7 Å². The standard InChI is InChI=1S/C19H28N2O2/c1-18(2)14-9-10-19(18,3)13-21(11-14)12-17(22)20-15-5-7-16(23-4)8-6-15/h5-8,14H,9-13H2,1-4H3,(H,20,22)/t14-,19-/m1/s1. The second-order valence-electron chi connectivity index (χ2n) is 7.96. The molecule has 126 valence electrons. The monoisotopic (exact) mass is 316 g/mol. The molecule has 2 fully saturated rings. The highest BCUT2D eigenvalue weighted by molar-refractivity contribution is 5.92. The van der Waals surface area contributed by atoms with E-state index in [1.54, 1.807) is 7.11 Å². The molecule has 1 aromatic rings. The second kappa shape index (κ2) is 5.82. The number of hydrogen-bond acceptors (Lipinski definition) is 3. The number of rotatable bonds is 4. The number of ether oxygens (including phenoxy) is 1. The van der Waals surface area contributed by atoms with Crippen LogP contribution in [0.2, 0.25) is 0 Å². The molecule has 0 spiro atoms. The first-order valence-corrected chi connectivity index (χ1v) is 8.50. The lowest BCUT2D eigenvalue weighted by Crippen LogP contribution is -2.53. The van der Waals surface area contributed by atoms with Gasteiger partial charge in [0.25, 0.3) is 0 Å². The normalized spacial score (nSPS) is 29.3. The number of nitrogens with one attached hydrogen (secondary N) is 1. The molecule has 2 bridgehead atoms. The molecule has 4 nitrogen and oxygen atoms in total. The largest absolute Gasteiger partial charge is 0.497 e. The van der Waals surface area contributed by atoms with E-state index >= 15 is 0 Å². The molecule has 3 rings (SSSR count). The van der Waals surface area contributed by atoms with Gasteiger partial charge in [0, 0.05) is 18.8 Å². The fourth-order valence-electron chi connectivity index (χ4n) is 4.34. The maximum Gasteiger partial charge on any atom is 0.238 e. The first kappa shape index (κ1) is 16.3. The number of amides is 1. The highest BCUT2D eigenvalue weighted by Gasteiger charge is 2.55. The van der Waals surface area contributed by atoms with Crippen molar-refractivity contribution in [3.63, 3.8) is 0 Å². The maximum absolute atomic E-state index is 12.4. The molecular weight excluding hydrogens is 288 g/mol. The third-order valence-electron chi connectivity index (χ3n) is 6.41. The summed E-state index contributed by atoms with van der Waals surface area (Å²) in [5.74, 6) is 1.57. The number of hydrogen-bond donors (Lipinski definition) is 1. The molecular formula is C19H28N2O2. The summed E-state index contributed by atoms with van der Waals surface area (Å²) >= 11 is 0. The van der Waals surface area contributed by atoms with E-state index in [0.717, 1.165) is 24.5 Å². The molecule has 1 amide bonds. The van der Waals surface area contributed by atoms with E-state index in [9.17, 15) is 4.79 Å². The van der Waals surface area contributed by atoms with Gasteiger partial charge in [-0.05, 0) is 53.9 Å². The van der Waals surface area contributed by atoms with Crippen molar-refractivity contribution >= 4 is 11.6 Å². The molecule has 0 aromatic heterocycles. The minimum Gasteiger partial charge on any atom is -0.497 e. The zero-order chi connectivity index (χ0) is 16.7. The minimum absolute atomic E-state index is 0.0675. The van der Waals surface area contributed by atoms with Gasteiger partial charge in [0.15, 0.2) is 0 Å². The molecule has 1 heterocycles. The second-order valence-corrected chi connectivity index (χ2v) is 7.96. The summed E-state index contributed by atoms with van der Waals surface area (Å²) < 4.78 is 5.14. The Hall–Kier alpha value is -1.55. The van der Waals surface area contributed by atoms with Crippen LogP contribution in [0.25, 0.3) is 0 Å². The number of carbonyl (C=O) groups excluding carboxylic acids is 1. The number of nitrogens with zero attached hydrogens (tertiary/aromatic N) is 1. The molecule has 1 aliphatic carbocycles. The summed E-state index contributed by atoms with van der Waals surface area (Å²) in [5, 5.41) is 2.99. The number of benzene rings is 1. The van der Waals surface area contributed by atoms with Crippen molar-refractivity contribution in [1.82, 2.24) is 4.90 Å². The van der Waals surface area contributed by atoms with E-state index in [1.807, 2.05) is 24.3 Å². The maximum atomic E-state index is 12.4. The van der Waals surface area contributed by atoms with Crippen molar-refractivity contribution in [1.29, 1.82) is 0 Å². The molecule has 4 heteroatoms. The summed E-state index contributed by atoms with van der Waals surface area (Å²) in [7, 11) is 1.64. The number of piperidine rings is 1. The lowest BCUT2D eigenvalue weighted by Gasteiger charge is -2.50. The van der Waals surface area contributed by atoms with Crippen molar-refractivity contribution in [3.8, 4) is 5.75 Å². The SMILES string of the molecule is COc1ccc(NC(=O)CN2C[C@H]3CC[C@](C)(C2)C3(C)C)cc1. The van der Waals surface area contributed by atoms with Gasteiger partial charge >= 0.3 is 0 Å². The van der Waals surface area contributed by atoms with E-state index in [2.05, 4.69) is 31.0 Å². The van der Waals surface area contributed by atoms with E-state index in [0.29, 0.717) is 23.3 Å². The Kier molecular flexibility index (Phi) is 4.13. The van der Waals surface area contributed by atoms with Gasteiger partial charge in [-0.3, -0.25) is 9.69 Å². The lowest BCUT2D eigenvalue weighted by molar-refractivity contribution is -0.119. The number of methoxy groups -OCH3 is 1. The van der Waals surface area contributed by atoms with Crippen LogP contribution < -0.4 is 10.1 Å². The summed E-state index contributed by atoms with van der Waals surface area (Å²) in [5.41, 5.74) is 1.54. The Morgan fingerprint density at radius 2 is 2.00 bits per heavy atom. The van der Waals surface area contributed by atoms with Gasteiger partial charge in [0.05, 0.1) is 13.7 Å². The fraction of sp³-hybridized carbons (Fsp3) is 0.632. The topological polar surface area (TPSA) is 41.6 Å². The van der Waals surface area contributed by atoms with Gasteiger partial charge in [-0.2, -0.15) is 0 Å². The highest BCUT2D eigenvalue weighted by Crippen LogP contribution is 2.58. The molecule has 2 aliphatic rings. The number of likely N-dealkylation sites (tertiary alicyclic amines) is 1.